The first-order valence-electron chi connectivity index (χ1n) is 11.6. The van der Waals surface area contributed by atoms with Crippen molar-refractivity contribution in [3.63, 3.8) is 0 Å². The molecule has 11 heteroatoms. The van der Waals surface area contributed by atoms with E-state index in [-0.39, 0.29) is 29.4 Å². The van der Waals surface area contributed by atoms with E-state index in [1.54, 1.807) is 9.80 Å². The Hall–Kier alpha value is -3.60. The molecule has 2 N–H and O–H groups in total. The summed E-state index contributed by atoms with van der Waals surface area (Å²) < 4.78 is 11.1. The lowest BCUT2D eigenvalue weighted by atomic mass is 9.98. The summed E-state index contributed by atoms with van der Waals surface area (Å²) in [5.41, 5.74) is 6.78. The number of carbonyl (C=O) groups is 1. The molecule has 178 valence electrons. The van der Waals surface area contributed by atoms with Gasteiger partial charge in [0.05, 0.1) is 0 Å². The molecule has 11 nitrogen and oxygen atoms in total. The van der Waals surface area contributed by atoms with Crippen LogP contribution in [0.2, 0.25) is 0 Å². The SMILES string of the molecule is CN(c1ccccc1)c1nc(N)nc(-c2noc(C(=O)N3CCC(COCC4CC4)CC3)n2)n1. The summed E-state index contributed by atoms with van der Waals surface area (Å²) in [7, 11) is 1.82. The average molecular weight is 465 g/mol. The zero-order valence-corrected chi connectivity index (χ0v) is 19.1. The van der Waals surface area contributed by atoms with Gasteiger partial charge in [0.15, 0.2) is 0 Å². The molecule has 1 saturated carbocycles. The monoisotopic (exact) mass is 464 g/mol. The molecule has 5 rings (SSSR count). The highest BCUT2D eigenvalue weighted by Crippen LogP contribution is 2.29. The number of para-hydroxylation sites is 1. The number of ether oxygens (including phenoxy) is 1. The number of carbonyl (C=O) groups excluding carboxylic acids is 1. The molecule has 3 heterocycles. The number of nitrogens with zero attached hydrogens (tertiary/aromatic N) is 7. The Morgan fingerprint density at radius 2 is 1.74 bits per heavy atom. The maximum atomic E-state index is 12.9. The molecule has 0 spiro atoms. The number of likely N-dealkylation sites (tertiary alicyclic amines) is 1. The molecule has 2 aliphatic rings. The number of anilines is 3. The standard InChI is InChI=1S/C23H28N8O3/c1-30(17-5-3-2-4-6-17)23-27-18(26-22(24)28-23)19-25-20(34-29-19)21(32)31-11-9-16(10-12-31)14-33-13-15-7-8-15/h2-6,15-16H,7-14H2,1H3,(H2,24,26,27,28). The van der Waals surface area contributed by atoms with Crippen LogP contribution in [0, 0.1) is 11.8 Å². The maximum Gasteiger partial charge on any atom is 0.316 e. The molecule has 2 aromatic heterocycles. The fourth-order valence-corrected chi connectivity index (χ4v) is 3.92. The number of amides is 1. The van der Waals surface area contributed by atoms with Crippen molar-refractivity contribution in [2.45, 2.75) is 25.7 Å². The van der Waals surface area contributed by atoms with Crippen LogP contribution in [0.1, 0.15) is 36.4 Å². The van der Waals surface area contributed by atoms with E-state index in [0.29, 0.717) is 25.0 Å². The van der Waals surface area contributed by atoms with Gasteiger partial charge >= 0.3 is 11.8 Å². The summed E-state index contributed by atoms with van der Waals surface area (Å²) in [6.07, 6.45) is 4.38. The van der Waals surface area contributed by atoms with Gasteiger partial charge in [-0.05, 0) is 49.7 Å². The molecule has 1 aromatic carbocycles. The average Bonchev–Trinajstić information content (AvgIpc) is 3.56. The molecular formula is C23H28N8O3. The topological polar surface area (TPSA) is 136 Å². The highest BCUT2D eigenvalue weighted by atomic mass is 16.5. The Balaban J connectivity index is 1.23. The molecule has 1 aliphatic carbocycles. The summed E-state index contributed by atoms with van der Waals surface area (Å²) in [6, 6.07) is 9.60. The largest absolute Gasteiger partial charge is 0.381 e. The van der Waals surface area contributed by atoms with E-state index in [2.05, 4.69) is 25.1 Å². The van der Waals surface area contributed by atoms with Gasteiger partial charge in [0, 0.05) is 39.0 Å². The summed E-state index contributed by atoms with van der Waals surface area (Å²) in [5.74, 6) is 1.44. The van der Waals surface area contributed by atoms with Crippen LogP contribution in [-0.2, 0) is 4.74 Å². The molecule has 0 atom stereocenters. The summed E-state index contributed by atoms with van der Waals surface area (Å²) in [6.45, 7) is 2.91. The molecule has 1 saturated heterocycles. The van der Waals surface area contributed by atoms with E-state index >= 15 is 0 Å². The van der Waals surface area contributed by atoms with E-state index in [1.807, 2.05) is 37.4 Å². The molecule has 2 fully saturated rings. The van der Waals surface area contributed by atoms with E-state index in [9.17, 15) is 4.79 Å². The second kappa shape index (κ2) is 9.72. The van der Waals surface area contributed by atoms with E-state index in [4.69, 9.17) is 15.0 Å². The van der Waals surface area contributed by atoms with Crippen molar-refractivity contribution in [2.24, 2.45) is 11.8 Å². The van der Waals surface area contributed by atoms with Crippen molar-refractivity contribution in [3.05, 3.63) is 36.2 Å². The van der Waals surface area contributed by atoms with Crippen molar-refractivity contribution in [3.8, 4) is 11.6 Å². The first-order chi connectivity index (χ1) is 16.6. The number of benzene rings is 1. The minimum absolute atomic E-state index is 0.0198. The van der Waals surface area contributed by atoms with Gasteiger partial charge in [0.25, 0.3) is 0 Å². The smallest absolute Gasteiger partial charge is 0.316 e. The van der Waals surface area contributed by atoms with Gasteiger partial charge in [0.1, 0.15) is 0 Å². The Morgan fingerprint density at radius 1 is 1.03 bits per heavy atom. The van der Waals surface area contributed by atoms with Gasteiger partial charge in [-0.25, -0.2) is 0 Å². The van der Waals surface area contributed by atoms with Gasteiger partial charge in [-0.15, -0.1) is 0 Å². The number of nitrogens with two attached hydrogens (primary N) is 1. The lowest BCUT2D eigenvalue weighted by molar-refractivity contribution is 0.0470. The van der Waals surface area contributed by atoms with Crippen LogP contribution in [0.4, 0.5) is 17.6 Å². The van der Waals surface area contributed by atoms with Crippen molar-refractivity contribution < 1.29 is 14.1 Å². The molecule has 3 aromatic rings. The van der Waals surface area contributed by atoms with Gasteiger partial charge in [0.2, 0.25) is 23.5 Å². The molecular weight excluding hydrogens is 436 g/mol. The minimum atomic E-state index is -0.292. The fourth-order valence-electron chi connectivity index (χ4n) is 3.92. The maximum absolute atomic E-state index is 12.9. The minimum Gasteiger partial charge on any atom is -0.381 e. The molecule has 34 heavy (non-hydrogen) atoms. The molecule has 1 amide bonds. The third-order valence-electron chi connectivity index (χ3n) is 6.20. The number of hydrogen-bond donors (Lipinski definition) is 1. The predicted molar refractivity (Wildman–Crippen MR) is 124 cm³/mol. The van der Waals surface area contributed by atoms with Crippen LogP contribution >= 0.6 is 0 Å². The lowest BCUT2D eigenvalue weighted by Crippen LogP contribution is -2.39. The first-order valence-corrected chi connectivity index (χ1v) is 11.6. The van der Waals surface area contributed by atoms with Gasteiger partial charge in [-0.2, -0.15) is 19.9 Å². The van der Waals surface area contributed by atoms with Crippen LogP contribution in [0.25, 0.3) is 11.6 Å². The van der Waals surface area contributed by atoms with Crippen LogP contribution < -0.4 is 10.6 Å². The van der Waals surface area contributed by atoms with Crippen LogP contribution in [0.15, 0.2) is 34.9 Å². The van der Waals surface area contributed by atoms with Crippen molar-refractivity contribution in [1.29, 1.82) is 0 Å². The first kappa shape index (κ1) is 22.2. The second-order valence-electron chi connectivity index (χ2n) is 8.85. The molecule has 1 aliphatic heterocycles. The van der Waals surface area contributed by atoms with Gasteiger partial charge in [-0.1, -0.05) is 23.4 Å². The van der Waals surface area contributed by atoms with Gasteiger partial charge < -0.3 is 24.8 Å². The van der Waals surface area contributed by atoms with E-state index in [1.165, 1.54) is 12.8 Å². The second-order valence-corrected chi connectivity index (χ2v) is 8.85. The van der Waals surface area contributed by atoms with Crippen LogP contribution in [-0.4, -0.2) is 69.3 Å². The van der Waals surface area contributed by atoms with Crippen LogP contribution in [0.3, 0.4) is 0 Å². The zero-order chi connectivity index (χ0) is 23.5. The zero-order valence-electron chi connectivity index (χ0n) is 19.1. The van der Waals surface area contributed by atoms with E-state index in [0.717, 1.165) is 37.7 Å². The number of aromatic nitrogens is 5. The van der Waals surface area contributed by atoms with Crippen molar-refractivity contribution >= 4 is 23.5 Å². The van der Waals surface area contributed by atoms with Crippen LogP contribution in [0.5, 0.6) is 0 Å². The molecule has 0 unspecified atom stereocenters. The Bertz CT molecular complexity index is 1130. The third-order valence-corrected chi connectivity index (χ3v) is 6.20. The quantitative estimate of drug-likeness (QED) is 0.529. The van der Waals surface area contributed by atoms with Gasteiger partial charge in [-0.3, -0.25) is 4.79 Å². The highest BCUT2D eigenvalue weighted by Gasteiger charge is 2.29. The summed E-state index contributed by atoms with van der Waals surface area (Å²) in [4.78, 5) is 33.4. The van der Waals surface area contributed by atoms with Crippen molar-refractivity contribution in [2.75, 3.05) is 44.0 Å². The highest BCUT2D eigenvalue weighted by molar-refractivity contribution is 5.90. The summed E-state index contributed by atoms with van der Waals surface area (Å²) >= 11 is 0. The van der Waals surface area contributed by atoms with Crippen molar-refractivity contribution in [1.82, 2.24) is 30.0 Å². The third kappa shape index (κ3) is 5.14. The molecule has 0 radical (unpaired) electrons. The Morgan fingerprint density at radius 3 is 2.44 bits per heavy atom. The number of piperidine rings is 1. The Kier molecular flexibility index (Phi) is 6.35. The number of nitrogen functional groups attached to an aromatic ring is 1. The Labute approximate surface area is 197 Å². The fraction of sp³-hybridized carbons (Fsp3) is 0.478. The number of hydrogen-bond acceptors (Lipinski definition) is 10. The predicted octanol–water partition coefficient (Wildman–Crippen LogP) is 2.55. The lowest BCUT2D eigenvalue weighted by Gasteiger charge is -2.30. The normalized spacial score (nSPS) is 16.6. The molecule has 0 bridgehead atoms. The number of rotatable bonds is 8. The van der Waals surface area contributed by atoms with E-state index < -0.39 is 0 Å². The summed E-state index contributed by atoms with van der Waals surface area (Å²) in [5, 5.41) is 3.91.